The molecule has 1 aliphatic carbocycles. The summed E-state index contributed by atoms with van der Waals surface area (Å²) in [7, 11) is 0. The molecule has 0 aromatic rings. The van der Waals surface area contributed by atoms with Gasteiger partial charge in [-0.05, 0) is 52.0 Å². The maximum absolute atomic E-state index is 9.97. The lowest BCUT2D eigenvalue weighted by Gasteiger charge is -2.36. The monoisotopic (exact) mass is 298 g/mol. The summed E-state index contributed by atoms with van der Waals surface area (Å²) in [5.41, 5.74) is 0.182. The predicted octanol–water partition coefficient (Wildman–Crippen LogP) is 3.37. The molecule has 3 nitrogen and oxygen atoms in total. The molecule has 126 valence electrons. The molecular weight excluding hydrogens is 260 g/mol. The van der Waals surface area contributed by atoms with Crippen LogP contribution in [0.25, 0.3) is 0 Å². The van der Waals surface area contributed by atoms with E-state index in [1.54, 1.807) is 0 Å². The Balaban J connectivity index is 2.43. The van der Waals surface area contributed by atoms with Crippen molar-refractivity contribution in [3.8, 4) is 0 Å². The molecule has 0 saturated heterocycles. The third kappa shape index (κ3) is 6.66. The fraction of sp³-hybridized carbons (Fsp3) is 1.00. The van der Waals surface area contributed by atoms with E-state index >= 15 is 0 Å². The van der Waals surface area contributed by atoms with E-state index < -0.39 is 0 Å². The van der Waals surface area contributed by atoms with E-state index in [0.717, 1.165) is 26.2 Å². The van der Waals surface area contributed by atoms with Gasteiger partial charge in [0, 0.05) is 18.6 Å². The van der Waals surface area contributed by atoms with E-state index in [2.05, 4.69) is 30.6 Å². The first-order valence-corrected chi connectivity index (χ1v) is 9.25. The fourth-order valence-corrected chi connectivity index (χ4v) is 3.73. The Morgan fingerprint density at radius 3 is 1.81 bits per heavy atom. The first-order valence-electron chi connectivity index (χ1n) is 9.25. The van der Waals surface area contributed by atoms with Gasteiger partial charge < -0.3 is 14.9 Å². The molecule has 0 heterocycles. The molecule has 0 aliphatic heterocycles. The highest BCUT2D eigenvalue weighted by atomic mass is 16.3. The second kappa shape index (κ2) is 10.6. The Bertz CT molecular complexity index is 246. The van der Waals surface area contributed by atoms with Gasteiger partial charge in [-0.3, -0.25) is 0 Å². The van der Waals surface area contributed by atoms with Gasteiger partial charge in [-0.15, -0.1) is 0 Å². The van der Waals surface area contributed by atoms with Crippen LogP contribution >= 0.6 is 0 Å². The zero-order valence-electron chi connectivity index (χ0n) is 14.7. The highest BCUT2D eigenvalue weighted by Crippen LogP contribution is 2.35. The van der Waals surface area contributed by atoms with E-state index in [1.807, 2.05) is 0 Å². The molecule has 1 N–H and O–H groups in total. The Kier molecular flexibility index (Phi) is 9.54. The molecule has 1 fully saturated rings. The number of hydrogen-bond acceptors (Lipinski definition) is 3. The lowest BCUT2D eigenvalue weighted by atomic mass is 9.80. The first-order chi connectivity index (χ1) is 10.2. The molecule has 1 saturated carbocycles. The van der Waals surface area contributed by atoms with Gasteiger partial charge in [0.2, 0.25) is 0 Å². The van der Waals surface area contributed by atoms with E-state index in [1.165, 1.54) is 58.0 Å². The minimum atomic E-state index is 0.182. The SMILES string of the molecule is CCN(CC)CCCN(CC)CC1(CO)CCCCCC1. The van der Waals surface area contributed by atoms with Crippen LogP contribution in [-0.4, -0.2) is 60.8 Å². The van der Waals surface area contributed by atoms with Crippen molar-refractivity contribution in [3.63, 3.8) is 0 Å². The van der Waals surface area contributed by atoms with Gasteiger partial charge >= 0.3 is 0 Å². The van der Waals surface area contributed by atoms with Crippen molar-refractivity contribution >= 4 is 0 Å². The Morgan fingerprint density at radius 1 is 0.810 bits per heavy atom. The molecule has 0 bridgehead atoms. The van der Waals surface area contributed by atoms with Gasteiger partial charge in [-0.1, -0.05) is 46.5 Å². The van der Waals surface area contributed by atoms with Crippen molar-refractivity contribution in [1.29, 1.82) is 0 Å². The molecule has 0 aromatic carbocycles. The molecule has 21 heavy (non-hydrogen) atoms. The Morgan fingerprint density at radius 2 is 1.33 bits per heavy atom. The second-order valence-corrected chi connectivity index (χ2v) is 6.82. The van der Waals surface area contributed by atoms with Crippen LogP contribution in [0.15, 0.2) is 0 Å². The molecule has 1 aliphatic rings. The first kappa shape index (κ1) is 18.9. The molecule has 0 aromatic heterocycles. The van der Waals surface area contributed by atoms with Gasteiger partial charge in [-0.2, -0.15) is 0 Å². The van der Waals surface area contributed by atoms with Crippen LogP contribution in [-0.2, 0) is 0 Å². The number of hydrogen-bond donors (Lipinski definition) is 1. The van der Waals surface area contributed by atoms with E-state index in [-0.39, 0.29) is 5.41 Å². The number of nitrogens with zero attached hydrogens (tertiary/aromatic N) is 2. The van der Waals surface area contributed by atoms with Crippen molar-refractivity contribution in [2.24, 2.45) is 5.41 Å². The predicted molar refractivity (Wildman–Crippen MR) is 91.7 cm³/mol. The van der Waals surface area contributed by atoms with Gasteiger partial charge in [0.05, 0.1) is 0 Å². The van der Waals surface area contributed by atoms with E-state index in [9.17, 15) is 5.11 Å². The highest BCUT2D eigenvalue weighted by Gasteiger charge is 2.31. The molecule has 0 atom stereocenters. The summed E-state index contributed by atoms with van der Waals surface area (Å²) >= 11 is 0. The average molecular weight is 299 g/mol. The summed E-state index contributed by atoms with van der Waals surface area (Å²) in [5, 5.41) is 9.97. The highest BCUT2D eigenvalue weighted by molar-refractivity contribution is 4.84. The van der Waals surface area contributed by atoms with Crippen LogP contribution < -0.4 is 0 Å². The Hall–Kier alpha value is -0.120. The molecular formula is C18H38N2O. The van der Waals surface area contributed by atoms with Gasteiger partial charge in [0.15, 0.2) is 0 Å². The summed E-state index contributed by atoms with van der Waals surface area (Å²) in [4.78, 5) is 5.08. The molecule has 0 unspecified atom stereocenters. The molecule has 0 radical (unpaired) electrons. The summed E-state index contributed by atoms with van der Waals surface area (Å²) in [6.07, 6.45) is 9.00. The van der Waals surface area contributed by atoms with Crippen LogP contribution in [0.5, 0.6) is 0 Å². The minimum Gasteiger partial charge on any atom is -0.396 e. The standard InChI is InChI=1S/C18H38N2O/c1-4-19(5-2)14-11-15-20(6-3)16-18(17-21)12-9-7-8-10-13-18/h21H,4-17H2,1-3H3. The van der Waals surface area contributed by atoms with Crippen molar-refractivity contribution in [2.75, 3.05) is 45.9 Å². The summed E-state index contributed by atoms with van der Waals surface area (Å²) < 4.78 is 0. The smallest absolute Gasteiger partial charge is 0.0499 e. The van der Waals surface area contributed by atoms with Crippen LogP contribution in [0.1, 0.15) is 65.7 Å². The molecule has 0 amide bonds. The van der Waals surface area contributed by atoms with Crippen LogP contribution in [0, 0.1) is 5.41 Å². The third-order valence-corrected chi connectivity index (χ3v) is 5.35. The maximum Gasteiger partial charge on any atom is 0.0499 e. The van der Waals surface area contributed by atoms with E-state index in [0.29, 0.717) is 6.61 Å². The van der Waals surface area contributed by atoms with Gasteiger partial charge in [0.25, 0.3) is 0 Å². The van der Waals surface area contributed by atoms with Crippen LogP contribution in [0.3, 0.4) is 0 Å². The summed E-state index contributed by atoms with van der Waals surface area (Å²) in [6.45, 7) is 14.0. The van der Waals surface area contributed by atoms with Crippen molar-refractivity contribution in [1.82, 2.24) is 9.80 Å². The summed E-state index contributed by atoms with van der Waals surface area (Å²) in [5.74, 6) is 0. The molecule has 0 spiro atoms. The number of rotatable bonds is 10. The van der Waals surface area contributed by atoms with Gasteiger partial charge in [-0.25, -0.2) is 0 Å². The van der Waals surface area contributed by atoms with Crippen molar-refractivity contribution in [3.05, 3.63) is 0 Å². The fourth-order valence-electron chi connectivity index (χ4n) is 3.73. The Labute approximate surface area is 132 Å². The third-order valence-electron chi connectivity index (χ3n) is 5.35. The minimum absolute atomic E-state index is 0.182. The van der Waals surface area contributed by atoms with Crippen LogP contribution in [0.4, 0.5) is 0 Å². The lowest BCUT2D eigenvalue weighted by Crippen LogP contribution is -2.41. The number of aliphatic hydroxyl groups excluding tert-OH is 1. The second-order valence-electron chi connectivity index (χ2n) is 6.82. The maximum atomic E-state index is 9.97. The quantitative estimate of drug-likeness (QED) is 0.626. The summed E-state index contributed by atoms with van der Waals surface area (Å²) in [6, 6.07) is 0. The van der Waals surface area contributed by atoms with Crippen molar-refractivity contribution in [2.45, 2.75) is 65.7 Å². The largest absolute Gasteiger partial charge is 0.396 e. The van der Waals surface area contributed by atoms with Crippen molar-refractivity contribution < 1.29 is 5.11 Å². The molecule has 1 rings (SSSR count). The lowest BCUT2D eigenvalue weighted by molar-refractivity contribution is 0.0596. The number of aliphatic hydroxyl groups is 1. The zero-order valence-corrected chi connectivity index (χ0v) is 14.7. The van der Waals surface area contributed by atoms with Gasteiger partial charge in [0.1, 0.15) is 0 Å². The average Bonchev–Trinajstić information content (AvgIpc) is 2.76. The normalized spacial score (nSPS) is 19.1. The topological polar surface area (TPSA) is 26.7 Å². The zero-order chi connectivity index (χ0) is 15.6. The molecule has 3 heteroatoms. The van der Waals surface area contributed by atoms with E-state index in [4.69, 9.17) is 0 Å². The van der Waals surface area contributed by atoms with Crippen LogP contribution in [0.2, 0.25) is 0 Å².